The molecule has 0 aliphatic carbocycles. The van der Waals surface area contributed by atoms with Crippen LogP contribution in [0.2, 0.25) is 0 Å². The van der Waals surface area contributed by atoms with Crippen LogP contribution in [0.5, 0.6) is 0 Å². The predicted octanol–water partition coefficient (Wildman–Crippen LogP) is 2.43. The standard InChI is InChI=1S/C16H15FN6O/c1-11-6-7-13(8-15(11)23-10-19-21-22-23)20-16(24)18-9-12-4-2-3-5-14(12)17/h2-8,10H,9H2,1H3,(H2,18,20,24). The Kier molecular flexibility index (Phi) is 4.46. The fourth-order valence-corrected chi connectivity index (χ4v) is 2.20. The fraction of sp³-hybridized carbons (Fsp3) is 0.125. The van der Waals surface area contributed by atoms with E-state index in [0.29, 0.717) is 11.3 Å². The van der Waals surface area contributed by atoms with Gasteiger partial charge in [-0.2, -0.15) is 0 Å². The van der Waals surface area contributed by atoms with E-state index < -0.39 is 6.03 Å². The summed E-state index contributed by atoms with van der Waals surface area (Å²) in [6, 6.07) is 11.3. The van der Waals surface area contributed by atoms with Crippen molar-refractivity contribution < 1.29 is 9.18 Å². The van der Waals surface area contributed by atoms with Gasteiger partial charge in [-0.1, -0.05) is 24.3 Å². The van der Waals surface area contributed by atoms with Gasteiger partial charge in [-0.05, 0) is 41.1 Å². The third-order valence-electron chi connectivity index (χ3n) is 3.46. The maximum absolute atomic E-state index is 13.5. The van der Waals surface area contributed by atoms with E-state index in [1.165, 1.54) is 17.1 Å². The number of aromatic nitrogens is 4. The molecule has 8 heteroatoms. The van der Waals surface area contributed by atoms with Gasteiger partial charge in [-0.25, -0.2) is 13.9 Å². The number of halogens is 1. The highest BCUT2D eigenvalue weighted by Crippen LogP contribution is 2.18. The molecule has 0 saturated carbocycles. The zero-order valence-electron chi connectivity index (χ0n) is 12.9. The van der Waals surface area contributed by atoms with Gasteiger partial charge in [0.1, 0.15) is 12.1 Å². The number of aryl methyl sites for hydroxylation is 1. The Labute approximate surface area is 137 Å². The van der Waals surface area contributed by atoms with Crippen molar-refractivity contribution in [3.8, 4) is 5.69 Å². The van der Waals surface area contributed by atoms with Crippen LogP contribution in [0.1, 0.15) is 11.1 Å². The molecule has 0 radical (unpaired) electrons. The van der Waals surface area contributed by atoms with Crippen molar-refractivity contribution in [3.63, 3.8) is 0 Å². The van der Waals surface area contributed by atoms with Crippen molar-refractivity contribution in [3.05, 3.63) is 65.7 Å². The van der Waals surface area contributed by atoms with Crippen molar-refractivity contribution in [2.75, 3.05) is 5.32 Å². The van der Waals surface area contributed by atoms with Crippen molar-refractivity contribution in [1.29, 1.82) is 0 Å². The normalized spacial score (nSPS) is 10.4. The maximum atomic E-state index is 13.5. The molecule has 0 aliphatic rings. The van der Waals surface area contributed by atoms with Crippen molar-refractivity contribution in [2.24, 2.45) is 0 Å². The second-order valence-electron chi connectivity index (χ2n) is 5.15. The first-order valence-electron chi connectivity index (χ1n) is 7.26. The summed E-state index contributed by atoms with van der Waals surface area (Å²) in [4.78, 5) is 12.0. The summed E-state index contributed by atoms with van der Waals surface area (Å²) >= 11 is 0. The lowest BCUT2D eigenvalue weighted by Crippen LogP contribution is -2.28. The highest BCUT2D eigenvalue weighted by atomic mass is 19.1. The molecule has 0 saturated heterocycles. The number of rotatable bonds is 4. The first-order valence-corrected chi connectivity index (χ1v) is 7.26. The number of benzene rings is 2. The lowest BCUT2D eigenvalue weighted by Gasteiger charge is -2.11. The van der Waals surface area contributed by atoms with Gasteiger partial charge in [0.2, 0.25) is 0 Å². The van der Waals surface area contributed by atoms with E-state index in [9.17, 15) is 9.18 Å². The molecule has 7 nitrogen and oxygen atoms in total. The summed E-state index contributed by atoms with van der Waals surface area (Å²) in [5, 5.41) is 16.4. The van der Waals surface area contributed by atoms with E-state index in [2.05, 4.69) is 26.2 Å². The summed E-state index contributed by atoms with van der Waals surface area (Å²) in [5.41, 5.74) is 2.72. The molecule has 122 valence electrons. The van der Waals surface area contributed by atoms with Crippen LogP contribution in [0.15, 0.2) is 48.8 Å². The van der Waals surface area contributed by atoms with Gasteiger partial charge in [-0.3, -0.25) is 0 Å². The Morgan fingerprint density at radius 2 is 2.08 bits per heavy atom. The molecular formula is C16H15FN6O. The monoisotopic (exact) mass is 326 g/mol. The van der Waals surface area contributed by atoms with Crippen LogP contribution in [-0.4, -0.2) is 26.2 Å². The highest BCUT2D eigenvalue weighted by molar-refractivity contribution is 5.89. The second kappa shape index (κ2) is 6.86. The molecule has 0 bridgehead atoms. The molecule has 2 aromatic carbocycles. The molecule has 1 aromatic heterocycles. The summed E-state index contributed by atoms with van der Waals surface area (Å²) in [6.45, 7) is 2.02. The summed E-state index contributed by atoms with van der Waals surface area (Å²) in [5.74, 6) is -0.353. The first-order chi connectivity index (χ1) is 11.6. The number of amides is 2. The van der Waals surface area contributed by atoms with Gasteiger partial charge in [0.15, 0.2) is 0 Å². The number of nitrogens with one attached hydrogen (secondary N) is 2. The van der Waals surface area contributed by atoms with E-state index in [0.717, 1.165) is 11.3 Å². The topological polar surface area (TPSA) is 84.7 Å². The quantitative estimate of drug-likeness (QED) is 0.771. The lowest BCUT2D eigenvalue weighted by atomic mass is 10.2. The molecule has 2 amide bonds. The summed E-state index contributed by atoms with van der Waals surface area (Å²) in [7, 11) is 0. The highest BCUT2D eigenvalue weighted by Gasteiger charge is 2.08. The fourth-order valence-electron chi connectivity index (χ4n) is 2.20. The minimum Gasteiger partial charge on any atom is -0.334 e. The Balaban J connectivity index is 1.67. The number of tetrazole rings is 1. The number of anilines is 1. The Morgan fingerprint density at radius 1 is 1.25 bits per heavy atom. The van der Waals surface area contributed by atoms with Gasteiger partial charge < -0.3 is 10.6 Å². The molecule has 0 spiro atoms. The van der Waals surface area contributed by atoms with Gasteiger partial charge in [0.25, 0.3) is 0 Å². The molecule has 3 aromatic rings. The predicted molar refractivity (Wildman–Crippen MR) is 86.1 cm³/mol. The average molecular weight is 326 g/mol. The molecule has 0 unspecified atom stereocenters. The van der Waals surface area contributed by atoms with Crippen LogP contribution in [0, 0.1) is 12.7 Å². The molecule has 0 aliphatic heterocycles. The molecular weight excluding hydrogens is 311 g/mol. The molecule has 2 N–H and O–H groups in total. The van der Waals surface area contributed by atoms with E-state index in [-0.39, 0.29) is 12.4 Å². The molecule has 1 heterocycles. The number of carbonyl (C=O) groups excluding carboxylic acids is 1. The number of carbonyl (C=O) groups is 1. The minimum atomic E-state index is -0.426. The van der Waals surface area contributed by atoms with Gasteiger partial charge in [0.05, 0.1) is 5.69 Å². The Morgan fingerprint density at radius 3 is 2.83 bits per heavy atom. The van der Waals surface area contributed by atoms with Crippen molar-refractivity contribution in [2.45, 2.75) is 13.5 Å². The Hall–Kier alpha value is -3.29. The van der Waals surface area contributed by atoms with Crippen LogP contribution in [0.4, 0.5) is 14.9 Å². The molecule has 0 fully saturated rings. The number of hydrogen-bond acceptors (Lipinski definition) is 4. The average Bonchev–Trinajstić information content (AvgIpc) is 3.10. The SMILES string of the molecule is Cc1ccc(NC(=O)NCc2ccccc2F)cc1-n1cnnn1. The third-order valence-corrected chi connectivity index (χ3v) is 3.46. The third kappa shape index (κ3) is 3.54. The van der Waals surface area contributed by atoms with E-state index >= 15 is 0 Å². The van der Waals surface area contributed by atoms with Crippen LogP contribution >= 0.6 is 0 Å². The Bertz CT molecular complexity index is 850. The minimum absolute atomic E-state index is 0.101. The maximum Gasteiger partial charge on any atom is 0.319 e. The van der Waals surface area contributed by atoms with E-state index in [1.807, 2.05) is 13.0 Å². The lowest BCUT2D eigenvalue weighted by molar-refractivity contribution is 0.251. The van der Waals surface area contributed by atoms with E-state index in [1.54, 1.807) is 30.3 Å². The molecule has 24 heavy (non-hydrogen) atoms. The number of nitrogens with zero attached hydrogens (tertiary/aromatic N) is 4. The van der Waals surface area contributed by atoms with Crippen LogP contribution in [-0.2, 0) is 6.54 Å². The van der Waals surface area contributed by atoms with Crippen LogP contribution in [0.3, 0.4) is 0 Å². The van der Waals surface area contributed by atoms with Crippen molar-refractivity contribution in [1.82, 2.24) is 25.5 Å². The largest absolute Gasteiger partial charge is 0.334 e. The zero-order valence-corrected chi connectivity index (χ0v) is 12.9. The number of urea groups is 1. The van der Waals surface area contributed by atoms with Crippen LogP contribution in [0.25, 0.3) is 5.69 Å². The first kappa shape index (κ1) is 15.6. The summed E-state index contributed by atoms with van der Waals surface area (Å²) in [6.07, 6.45) is 1.48. The van der Waals surface area contributed by atoms with E-state index in [4.69, 9.17) is 0 Å². The van der Waals surface area contributed by atoms with Gasteiger partial charge in [-0.15, -0.1) is 5.10 Å². The molecule has 0 atom stereocenters. The van der Waals surface area contributed by atoms with Crippen molar-refractivity contribution >= 4 is 11.7 Å². The summed E-state index contributed by atoms with van der Waals surface area (Å²) < 4.78 is 15.0. The smallest absolute Gasteiger partial charge is 0.319 e. The molecule has 3 rings (SSSR count). The zero-order chi connectivity index (χ0) is 16.9. The van der Waals surface area contributed by atoms with Gasteiger partial charge in [0, 0.05) is 17.8 Å². The van der Waals surface area contributed by atoms with Gasteiger partial charge >= 0.3 is 6.03 Å². The number of hydrogen-bond donors (Lipinski definition) is 2. The van der Waals surface area contributed by atoms with Crippen LogP contribution < -0.4 is 10.6 Å². The second-order valence-corrected chi connectivity index (χ2v) is 5.15.